The van der Waals surface area contributed by atoms with Gasteiger partial charge < -0.3 is 10.2 Å². The van der Waals surface area contributed by atoms with E-state index in [4.69, 9.17) is 0 Å². The first-order valence-electron chi connectivity index (χ1n) is 7.68. The number of rotatable bonds is 7. The lowest BCUT2D eigenvalue weighted by molar-refractivity contribution is 0.116. The Morgan fingerprint density at radius 1 is 1.20 bits per heavy atom. The molecule has 0 saturated carbocycles. The smallest absolute Gasteiger partial charge is 0.134 e. The Hall–Kier alpha value is -0.720. The zero-order valence-corrected chi connectivity index (χ0v) is 13.7. The van der Waals surface area contributed by atoms with Crippen LogP contribution in [0.15, 0.2) is 0 Å². The average Bonchev–Trinajstić information content (AvgIpc) is 2.85. The third-order valence-electron chi connectivity index (χ3n) is 3.55. The van der Waals surface area contributed by atoms with E-state index in [2.05, 4.69) is 45.5 Å². The molecule has 114 valence electrons. The van der Waals surface area contributed by atoms with Gasteiger partial charge in [0.1, 0.15) is 10.7 Å². The number of piperazine rings is 1. The van der Waals surface area contributed by atoms with Crippen molar-refractivity contribution in [2.45, 2.75) is 33.7 Å². The number of anilines is 1. The maximum atomic E-state index is 4.28. The molecule has 0 spiro atoms. The van der Waals surface area contributed by atoms with E-state index < -0.39 is 0 Å². The van der Waals surface area contributed by atoms with Crippen molar-refractivity contribution < 1.29 is 0 Å². The molecule has 1 aromatic rings. The van der Waals surface area contributed by atoms with Crippen LogP contribution in [0.2, 0.25) is 0 Å². The van der Waals surface area contributed by atoms with Gasteiger partial charge in [0.15, 0.2) is 0 Å². The van der Waals surface area contributed by atoms with Gasteiger partial charge in [-0.05, 0) is 12.3 Å². The quantitative estimate of drug-likeness (QED) is 0.835. The average molecular weight is 297 g/mol. The molecule has 2 heterocycles. The maximum absolute atomic E-state index is 4.28. The van der Waals surface area contributed by atoms with Crippen LogP contribution in [0.5, 0.6) is 0 Å². The molecule has 0 radical (unpaired) electrons. The van der Waals surface area contributed by atoms with Gasteiger partial charge in [0.25, 0.3) is 0 Å². The summed E-state index contributed by atoms with van der Waals surface area (Å²) in [6.07, 6.45) is 1.13. The van der Waals surface area contributed by atoms with Crippen LogP contribution in [-0.2, 0) is 6.54 Å². The molecule has 0 bridgehead atoms. The Bertz CT molecular complexity index is 385. The second-order valence-electron chi connectivity index (χ2n) is 5.95. The van der Waals surface area contributed by atoms with Crippen LogP contribution >= 0.6 is 11.5 Å². The molecule has 1 aromatic heterocycles. The van der Waals surface area contributed by atoms with Gasteiger partial charge in [-0.25, -0.2) is 0 Å². The van der Waals surface area contributed by atoms with Gasteiger partial charge >= 0.3 is 0 Å². The summed E-state index contributed by atoms with van der Waals surface area (Å²) in [4.78, 5) is 5.06. The molecule has 1 N–H and O–H groups in total. The fourth-order valence-corrected chi connectivity index (χ4v) is 3.14. The Kier molecular flexibility index (Phi) is 6.19. The molecule has 0 aromatic carbocycles. The fraction of sp³-hybridized carbons (Fsp3) is 0.857. The van der Waals surface area contributed by atoms with E-state index in [0.29, 0.717) is 0 Å². The summed E-state index contributed by atoms with van der Waals surface area (Å²) < 4.78 is 4.09. The second kappa shape index (κ2) is 7.90. The summed E-state index contributed by atoms with van der Waals surface area (Å²) in [5.41, 5.74) is 1.11. The van der Waals surface area contributed by atoms with Crippen LogP contribution in [-0.4, -0.2) is 58.7 Å². The van der Waals surface area contributed by atoms with Gasteiger partial charge in [-0.3, -0.25) is 4.90 Å². The van der Waals surface area contributed by atoms with E-state index in [-0.39, 0.29) is 0 Å². The first-order valence-corrected chi connectivity index (χ1v) is 8.46. The van der Waals surface area contributed by atoms with Gasteiger partial charge in [0.05, 0.1) is 0 Å². The third-order valence-corrected chi connectivity index (χ3v) is 4.28. The molecule has 6 heteroatoms. The van der Waals surface area contributed by atoms with E-state index >= 15 is 0 Å². The highest BCUT2D eigenvalue weighted by atomic mass is 32.1. The molecule has 20 heavy (non-hydrogen) atoms. The summed E-state index contributed by atoms with van der Waals surface area (Å²) in [7, 11) is 0. The monoisotopic (exact) mass is 297 g/mol. The van der Waals surface area contributed by atoms with E-state index in [9.17, 15) is 0 Å². The summed E-state index contributed by atoms with van der Waals surface area (Å²) in [6, 6.07) is 0. The minimum atomic E-state index is 0.758. The molecule has 1 aliphatic heterocycles. The summed E-state index contributed by atoms with van der Waals surface area (Å²) in [5, 5.41) is 8.85. The van der Waals surface area contributed by atoms with Gasteiger partial charge in [0.2, 0.25) is 0 Å². The fourth-order valence-electron chi connectivity index (χ4n) is 2.54. The van der Waals surface area contributed by atoms with Crippen LogP contribution in [0.3, 0.4) is 0 Å². The number of aromatic nitrogens is 2. The maximum Gasteiger partial charge on any atom is 0.134 e. The predicted octanol–water partition coefficient (Wildman–Crippen LogP) is 2.13. The first-order chi connectivity index (χ1) is 9.69. The van der Waals surface area contributed by atoms with Crippen molar-refractivity contribution in [2.75, 3.05) is 44.6 Å². The minimum absolute atomic E-state index is 0.758. The number of nitrogens with one attached hydrogen (secondary N) is 1. The first kappa shape index (κ1) is 15.7. The Balaban J connectivity index is 1.79. The minimum Gasteiger partial charge on any atom is -0.374 e. The van der Waals surface area contributed by atoms with Crippen LogP contribution in [0.4, 0.5) is 5.00 Å². The van der Waals surface area contributed by atoms with Crippen molar-refractivity contribution >= 4 is 16.5 Å². The molecule has 5 nitrogen and oxygen atoms in total. The number of hydrogen-bond acceptors (Lipinski definition) is 6. The Morgan fingerprint density at radius 2 is 1.90 bits per heavy atom. The topological polar surface area (TPSA) is 44.3 Å². The summed E-state index contributed by atoms with van der Waals surface area (Å²) in [6.45, 7) is 14.5. The van der Waals surface area contributed by atoms with Crippen molar-refractivity contribution in [1.82, 2.24) is 19.4 Å². The zero-order valence-electron chi connectivity index (χ0n) is 12.9. The van der Waals surface area contributed by atoms with Gasteiger partial charge in [-0.2, -0.15) is 0 Å². The van der Waals surface area contributed by atoms with E-state index in [1.165, 1.54) is 31.2 Å². The van der Waals surface area contributed by atoms with Gasteiger partial charge in [-0.15, -0.1) is 5.10 Å². The Labute approximate surface area is 126 Å². The highest BCUT2D eigenvalue weighted by molar-refractivity contribution is 7.10. The predicted molar refractivity (Wildman–Crippen MR) is 85.2 cm³/mol. The standard InChI is InChI=1S/C14H27N5S/c1-4-5-15-14-13(16-17-20-14)11-19-8-6-18(7-9-19)10-12(2)3/h12,15H,4-11H2,1-3H3. The highest BCUT2D eigenvalue weighted by Crippen LogP contribution is 2.20. The SMILES string of the molecule is CCCNc1snnc1CN1CCN(CC(C)C)CC1. The second-order valence-corrected chi connectivity index (χ2v) is 6.70. The van der Waals surface area contributed by atoms with E-state index in [1.807, 2.05) is 0 Å². The number of hydrogen-bond donors (Lipinski definition) is 1. The molecule has 0 atom stereocenters. The van der Waals surface area contributed by atoms with Crippen LogP contribution in [0.25, 0.3) is 0 Å². The highest BCUT2D eigenvalue weighted by Gasteiger charge is 2.19. The normalized spacial score (nSPS) is 17.8. The van der Waals surface area contributed by atoms with E-state index in [1.54, 1.807) is 0 Å². The largest absolute Gasteiger partial charge is 0.374 e. The molecule has 2 rings (SSSR count). The Morgan fingerprint density at radius 3 is 2.55 bits per heavy atom. The van der Waals surface area contributed by atoms with Crippen LogP contribution in [0.1, 0.15) is 32.9 Å². The molecule has 0 amide bonds. The van der Waals surface area contributed by atoms with Crippen LogP contribution < -0.4 is 5.32 Å². The molecule has 0 aliphatic carbocycles. The third kappa shape index (κ3) is 4.68. The van der Waals surface area contributed by atoms with E-state index in [0.717, 1.165) is 49.2 Å². The lowest BCUT2D eigenvalue weighted by Crippen LogP contribution is -2.46. The zero-order chi connectivity index (χ0) is 14.4. The van der Waals surface area contributed by atoms with Crippen molar-refractivity contribution in [1.29, 1.82) is 0 Å². The summed E-state index contributed by atoms with van der Waals surface area (Å²) >= 11 is 1.48. The molecular weight excluding hydrogens is 270 g/mol. The lowest BCUT2D eigenvalue weighted by Gasteiger charge is -2.35. The molecule has 1 aliphatic rings. The molecule has 1 saturated heterocycles. The molecular formula is C14H27N5S. The van der Waals surface area contributed by atoms with Gasteiger partial charge in [0, 0.05) is 57.3 Å². The molecule has 1 fully saturated rings. The van der Waals surface area contributed by atoms with Crippen molar-refractivity contribution in [3.8, 4) is 0 Å². The van der Waals surface area contributed by atoms with Crippen molar-refractivity contribution in [3.05, 3.63) is 5.69 Å². The number of nitrogens with zero attached hydrogens (tertiary/aromatic N) is 4. The van der Waals surface area contributed by atoms with Crippen molar-refractivity contribution in [2.24, 2.45) is 5.92 Å². The summed E-state index contributed by atoms with van der Waals surface area (Å²) in [5.74, 6) is 0.758. The van der Waals surface area contributed by atoms with Crippen molar-refractivity contribution in [3.63, 3.8) is 0 Å². The van der Waals surface area contributed by atoms with Crippen LogP contribution in [0, 0.1) is 5.92 Å². The van der Waals surface area contributed by atoms with Gasteiger partial charge in [-0.1, -0.05) is 25.3 Å². The lowest BCUT2D eigenvalue weighted by atomic mass is 10.2. The molecule has 0 unspecified atom stereocenters.